The third-order valence-corrected chi connectivity index (χ3v) is 5.08. The van der Waals surface area contributed by atoms with E-state index in [1.165, 1.54) is 0 Å². The fourth-order valence-corrected chi connectivity index (χ4v) is 3.77. The Morgan fingerprint density at radius 1 is 1.41 bits per heavy atom. The lowest BCUT2D eigenvalue weighted by Crippen LogP contribution is -2.24. The molecule has 0 unspecified atom stereocenters. The van der Waals surface area contributed by atoms with Crippen LogP contribution in [0.5, 0.6) is 0 Å². The highest BCUT2D eigenvalue weighted by Gasteiger charge is 2.07. The van der Waals surface area contributed by atoms with E-state index in [1.54, 1.807) is 35.5 Å². The number of thioether (sulfide) groups is 1. The molecule has 6 nitrogen and oxygen atoms in total. The van der Waals surface area contributed by atoms with Gasteiger partial charge in [-0.2, -0.15) is 0 Å². The van der Waals surface area contributed by atoms with Crippen LogP contribution < -0.4 is 5.32 Å². The molecule has 8 heteroatoms. The Morgan fingerprint density at radius 3 is 3.14 bits per heavy atom. The summed E-state index contributed by atoms with van der Waals surface area (Å²) in [4.78, 5) is 19.2. The zero-order valence-corrected chi connectivity index (χ0v) is 13.6. The number of hydrogen-bond donors (Lipinski definition) is 2. The lowest BCUT2D eigenvalue weighted by atomic mass is 10.2. The minimum atomic E-state index is -0.0618. The van der Waals surface area contributed by atoms with Crippen LogP contribution in [0.25, 0.3) is 11.0 Å². The average Bonchev–Trinajstić information content (AvgIpc) is 3.14. The van der Waals surface area contributed by atoms with E-state index in [9.17, 15) is 4.79 Å². The molecule has 0 saturated carbocycles. The van der Waals surface area contributed by atoms with E-state index in [0.29, 0.717) is 12.1 Å². The molecule has 3 aromatic rings. The van der Waals surface area contributed by atoms with Crippen LogP contribution in [0.1, 0.15) is 21.8 Å². The summed E-state index contributed by atoms with van der Waals surface area (Å²) in [7, 11) is 0. The predicted molar refractivity (Wildman–Crippen MR) is 88.4 cm³/mol. The van der Waals surface area contributed by atoms with Crippen molar-refractivity contribution in [3.8, 4) is 0 Å². The summed E-state index contributed by atoms with van der Waals surface area (Å²) >= 11 is 3.27. The van der Waals surface area contributed by atoms with Gasteiger partial charge in [0.15, 0.2) is 4.34 Å². The van der Waals surface area contributed by atoms with Gasteiger partial charge in [0.05, 0.1) is 17.4 Å². The van der Waals surface area contributed by atoms with Crippen molar-refractivity contribution in [2.45, 2.75) is 17.7 Å². The van der Waals surface area contributed by atoms with Crippen molar-refractivity contribution in [1.82, 2.24) is 25.5 Å². The van der Waals surface area contributed by atoms with Gasteiger partial charge in [-0.3, -0.25) is 4.79 Å². The Hall–Kier alpha value is -1.93. The van der Waals surface area contributed by atoms with Gasteiger partial charge in [-0.25, -0.2) is 4.98 Å². The molecular formula is C14H15N5OS2. The Labute approximate surface area is 135 Å². The second-order valence-corrected chi connectivity index (χ2v) is 7.20. The van der Waals surface area contributed by atoms with Gasteiger partial charge in [0, 0.05) is 17.9 Å². The number of imidazole rings is 1. The number of aromatic nitrogens is 4. The third kappa shape index (κ3) is 3.63. The summed E-state index contributed by atoms with van der Waals surface area (Å²) in [6, 6.07) is 5.45. The van der Waals surface area contributed by atoms with Crippen molar-refractivity contribution >= 4 is 40.0 Å². The molecule has 0 bridgehead atoms. The topological polar surface area (TPSA) is 83.6 Å². The SMILES string of the molecule is Cc1nnc(SCCCNC(=O)c2ccc3nc[nH]c3c2)s1. The first-order valence-corrected chi connectivity index (χ1v) is 8.67. The van der Waals surface area contributed by atoms with Gasteiger partial charge in [0.1, 0.15) is 5.01 Å². The maximum Gasteiger partial charge on any atom is 0.251 e. The number of aromatic amines is 1. The van der Waals surface area contributed by atoms with Crippen molar-refractivity contribution in [3.63, 3.8) is 0 Å². The molecule has 1 aromatic carbocycles. The van der Waals surface area contributed by atoms with Crippen molar-refractivity contribution in [2.24, 2.45) is 0 Å². The fraction of sp³-hybridized carbons (Fsp3) is 0.286. The summed E-state index contributed by atoms with van der Waals surface area (Å²) < 4.78 is 0.980. The van der Waals surface area contributed by atoms with E-state index >= 15 is 0 Å². The van der Waals surface area contributed by atoms with Gasteiger partial charge in [-0.05, 0) is 31.5 Å². The van der Waals surface area contributed by atoms with Crippen LogP contribution in [-0.4, -0.2) is 38.4 Å². The average molecular weight is 333 g/mol. The van der Waals surface area contributed by atoms with E-state index in [-0.39, 0.29) is 5.91 Å². The van der Waals surface area contributed by atoms with E-state index in [2.05, 4.69) is 25.5 Å². The van der Waals surface area contributed by atoms with Gasteiger partial charge in [-0.1, -0.05) is 23.1 Å². The molecule has 0 aliphatic carbocycles. The normalized spacial score (nSPS) is 11.0. The number of fused-ring (bicyclic) bond motifs is 1. The molecule has 0 aliphatic heterocycles. The fourth-order valence-electron chi connectivity index (χ4n) is 1.95. The molecule has 0 radical (unpaired) electrons. The van der Waals surface area contributed by atoms with E-state index in [0.717, 1.165) is 32.6 Å². The largest absolute Gasteiger partial charge is 0.352 e. The minimum Gasteiger partial charge on any atom is -0.352 e. The highest BCUT2D eigenvalue weighted by molar-refractivity contribution is 8.01. The van der Waals surface area contributed by atoms with Gasteiger partial charge in [0.2, 0.25) is 0 Å². The van der Waals surface area contributed by atoms with Crippen molar-refractivity contribution in [3.05, 3.63) is 35.1 Å². The predicted octanol–water partition coefficient (Wildman–Crippen LogP) is 2.64. The van der Waals surface area contributed by atoms with Crippen LogP contribution in [0.4, 0.5) is 0 Å². The van der Waals surface area contributed by atoms with E-state index < -0.39 is 0 Å². The molecule has 0 aliphatic rings. The zero-order chi connectivity index (χ0) is 15.4. The number of H-pyrrole nitrogens is 1. The second kappa shape index (κ2) is 6.89. The first-order valence-electron chi connectivity index (χ1n) is 6.86. The van der Waals surface area contributed by atoms with Gasteiger partial charge < -0.3 is 10.3 Å². The van der Waals surface area contributed by atoms with Crippen molar-refractivity contribution < 1.29 is 4.79 Å². The Kier molecular flexibility index (Phi) is 4.69. The summed E-state index contributed by atoms with van der Waals surface area (Å²) in [5.74, 6) is 0.849. The molecule has 22 heavy (non-hydrogen) atoms. The molecule has 2 aromatic heterocycles. The number of rotatable bonds is 6. The summed E-state index contributed by atoms with van der Waals surface area (Å²) in [5, 5.41) is 11.9. The first-order chi connectivity index (χ1) is 10.7. The zero-order valence-electron chi connectivity index (χ0n) is 12.0. The lowest BCUT2D eigenvalue weighted by molar-refractivity contribution is 0.0954. The third-order valence-electron chi connectivity index (χ3n) is 3.02. The Balaban J connectivity index is 1.43. The number of hydrogen-bond acceptors (Lipinski definition) is 6. The van der Waals surface area contributed by atoms with Crippen molar-refractivity contribution in [2.75, 3.05) is 12.3 Å². The van der Waals surface area contributed by atoms with Crippen LogP contribution in [0.15, 0.2) is 28.9 Å². The molecule has 0 fully saturated rings. The van der Waals surface area contributed by atoms with Gasteiger partial charge >= 0.3 is 0 Å². The monoisotopic (exact) mass is 333 g/mol. The van der Waals surface area contributed by atoms with Crippen LogP contribution in [0, 0.1) is 6.92 Å². The summed E-state index contributed by atoms with van der Waals surface area (Å²) in [6.07, 6.45) is 2.51. The summed E-state index contributed by atoms with van der Waals surface area (Å²) in [6.45, 7) is 2.59. The molecule has 2 heterocycles. The van der Waals surface area contributed by atoms with E-state index in [1.807, 2.05) is 19.1 Å². The molecule has 0 spiro atoms. The van der Waals surface area contributed by atoms with Gasteiger partial charge in [-0.15, -0.1) is 10.2 Å². The number of nitrogens with one attached hydrogen (secondary N) is 2. The second-order valence-electron chi connectivity index (χ2n) is 4.68. The number of benzene rings is 1. The number of aryl methyl sites for hydroxylation is 1. The van der Waals surface area contributed by atoms with Crippen LogP contribution in [-0.2, 0) is 0 Å². The van der Waals surface area contributed by atoms with E-state index in [4.69, 9.17) is 0 Å². The lowest BCUT2D eigenvalue weighted by Gasteiger charge is -2.04. The molecular weight excluding hydrogens is 318 g/mol. The number of amides is 1. The van der Waals surface area contributed by atoms with Gasteiger partial charge in [0.25, 0.3) is 5.91 Å². The van der Waals surface area contributed by atoms with Crippen LogP contribution in [0.3, 0.4) is 0 Å². The highest BCUT2D eigenvalue weighted by Crippen LogP contribution is 2.22. The number of carbonyl (C=O) groups is 1. The standard InChI is InChI=1S/C14H15N5OS2/c1-9-18-19-14(22-9)21-6-2-5-15-13(20)10-3-4-11-12(7-10)17-8-16-11/h3-4,7-8H,2,5-6H2,1H3,(H,15,20)(H,16,17). The summed E-state index contributed by atoms with van der Waals surface area (Å²) in [5.41, 5.74) is 2.37. The molecule has 0 saturated heterocycles. The smallest absolute Gasteiger partial charge is 0.251 e. The molecule has 2 N–H and O–H groups in total. The van der Waals surface area contributed by atoms with Crippen molar-refractivity contribution in [1.29, 1.82) is 0 Å². The quantitative estimate of drug-likeness (QED) is 0.535. The Bertz CT molecular complexity index is 782. The Morgan fingerprint density at radius 2 is 2.32 bits per heavy atom. The highest BCUT2D eigenvalue weighted by atomic mass is 32.2. The maximum atomic E-state index is 12.1. The number of carbonyl (C=O) groups excluding carboxylic acids is 1. The maximum absolute atomic E-state index is 12.1. The molecule has 0 atom stereocenters. The minimum absolute atomic E-state index is 0.0618. The molecule has 1 amide bonds. The first kappa shape index (κ1) is 15.0. The van der Waals surface area contributed by atoms with Crippen LogP contribution in [0.2, 0.25) is 0 Å². The number of nitrogens with zero attached hydrogens (tertiary/aromatic N) is 3. The van der Waals surface area contributed by atoms with Crippen LogP contribution >= 0.6 is 23.1 Å². The molecule has 3 rings (SSSR count). The molecule has 114 valence electrons.